The third kappa shape index (κ3) is 4.96. The van der Waals surface area contributed by atoms with E-state index in [9.17, 15) is 4.79 Å². The molecule has 144 valence electrons. The minimum Gasteiger partial charge on any atom is -0.372 e. The smallest absolute Gasteiger partial charge is 0.270 e. The largest absolute Gasteiger partial charge is 0.372 e. The molecule has 2 aromatic rings. The van der Waals surface area contributed by atoms with Gasteiger partial charge in [-0.3, -0.25) is 4.79 Å². The lowest BCUT2D eigenvalue weighted by Crippen LogP contribution is -2.33. The van der Waals surface area contributed by atoms with Crippen molar-refractivity contribution < 1.29 is 4.79 Å². The average molecular weight is 367 g/mol. The number of nitrogens with zero attached hydrogens (tertiary/aromatic N) is 3. The van der Waals surface area contributed by atoms with E-state index in [0.29, 0.717) is 17.3 Å². The molecule has 0 radical (unpaired) electrons. The van der Waals surface area contributed by atoms with Crippen LogP contribution >= 0.6 is 0 Å². The molecule has 3 rings (SSSR count). The number of rotatable bonds is 7. The first-order valence-corrected chi connectivity index (χ1v) is 9.87. The number of carbonyl (C=O) groups excluding carboxylic acids is 1. The number of amides is 1. The Morgan fingerprint density at radius 1 is 1.11 bits per heavy atom. The number of aromatic nitrogens is 2. The van der Waals surface area contributed by atoms with Crippen LogP contribution in [0.2, 0.25) is 0 Å². The molecule has 0 unspecified atom stereocenters. The van der Waals surface area contributed by atoms with E-state index < -0.39 is 0 Å². The first kappa shape index (κ1) is 19.1. The van der Waals surface area contributed by atoms with Gasteiger partial charge in [0.2, 0.25) is 0 Å². The van der Waals surface area contributed by atoms with Crippen molar-refractivity contribution in [3.63, 3.8) is 0 Å². The van der Waals surface area contributed by atoms with Crippen molar-refractivity contribution >= 4 is 23.1 Å². The van der Waals surface area contributed by atoms with Crippen molar-refractivity contribution in [1.29, 1.82) is 0 Å². The van der Waals surface area contributed by atoms with E-state index in [1.807, 2.05) is 12.1 Å². The number of hydrogen-bond donors (Lipinski definition) is 2. The number of nitrogens with one attached hydrogen (secondary N) is 2. The fourth-order valence-corrected chi connectivity index (χ4v) is 3.57. The van der Waals surface area contributed by atoms with Crippen LogP contribution in [0, 0.1) is 6.92 Å². The molecule has 1 aliphatic carbocycles. The molecule has 1 amide bonds. The highest BCUT2D eigenvalue weighted by atomic mass is 16.1. The molecule has 1 heterocycles. The fraction of sp³-hybridized carbons (Fsp3) is 0.476. The van der Waals surface area contributed by atoms with Crippen LogP contribution in [0.1, 0.15) is 55.8 Å². The molecule has 0 bridgehead atoms. The van der Waals surface area contributed by atoms with Crippen molar-refractivity contribution in [1.82, 2.24) is 15.3 Å². The molecule has 1 aromatic heterocycles. The second kappa shape index (κ2) is 8.84. The minimum atomic E-state index is -0.118. The summed E-state index contributed by atoms with van der Waals surface area (Å²) in [5.41, 5.74) is 2.55. The molecule has 1 saturated carbocycles. The van der Waals surface area contributed by atoms with E-state index in [-0.39, 0.29) is 11.9 Å². The van der Waals surface area contributed by atoms with E-state index in [1.165, 1.54) is 18.5 Å². The van der Waals surface area contributed by atoms with E-state index in [1.54, 1.807) is 13.0 Å². The molecular formula is C21H29N5O. The Bertz CT molecular complexity index is 765. The van der Waals surface area contributed by atoms with Gasteiger partial charge in [0, 0.05) is 36.6 Å². The summed E-state index contributed by atoms with van der Waals surface area (Å²) in [6.07, 6.45) is 4.48. The van der Waals surface area contributed by atoms with Gasteiger partial charge in [0.05, 0.1) is 0 Å². The van der Waals surface area contributed by atoms with Gasteiger partial charge in [0.25, 0.3) is 5.91 Å². The number of benzene rings is 1. The van der Waals surface area contributed by atoms with Crippen LogP contribution < -0.4 is 15.5 Å². The number of carbonyl (C=O) groups is 1. The average Bonchev–Trinajstić information content (AvgIpc) is 3.16. The van der Waals surface area contributed by atoms with Crippen LogP contribution in [0.25, 0.3) is 0 Å². The van der Waals surface area contributed by atoms with Crippen molar-refractivity contribution in [2.24, 2.45) is 0 Å². The van der Waals surface area contributed by atoms with E-state index in [2.05, 4.69) is 51.5 Å². The zero-order valence-corrected chi connectivity index (χ0v) is 16.5. The van der Waals surface area contributed by atoms with Crippen LogP contribution in [0.3, 0.4) is 0 Å². The second-order valence-electron chi connectivity index (χ2n) is 6.98. The molecule has 0 aliphatic heterocycles. The van der Waals surface area contributed by atoms with Crippen molar-refractivity contribution in [2.45, 2.75) is 52.5 Å². The highest BCUT2D eigenvalue weighted by Gasteiger charge is 2.19. The summed E-state index contributed by atoms with van der Waals surface area (Å²) in [5.74, 6) is 1.10. The Kier molecular flexibility index (Phi) is 6.27. The molecule has 1 fully saturated rings. The lowest BCUT2D eigenvalue weighted by atomic mass is 10.2. The third-order valence-corrected chi connectivity index (χ3v) is 5.03. The Morgan fingerprint density at radius 2 is 1.78 bits per heavy atom. The standard InChI is InChI=1S/C21H29N5O/c1-4-26(5-2)18-12-10-17(11-13-18)24-20-14-19(22-15(3)23-20)21(27)25-16-8-6-7-9-16/h10-14,16H,4-9H2,1-3H3,(H,25,27)(H,22,23,24). The monoisotopic (exact) mass is 367 g/mol. The molecule has 0 saturated heterocycles. The van der Waals surface area contributed by atoms with E-state index >= 15 is 0 Å². The lowest BCUT2D eigenvalue weighted by molar-refractivity contribution is 0.0932. The highest BCUT2D eigenvalue weighted by Crippen LogP contribution is 2.21. The van der Waals surface area contributed by atoms with Gasteiger partial charge in [0.15, 0.2) is 0 Å². The molecule has 6 nitrogen and oxygen atoms in total. The SMILES string of the molecule is CCN(CC)c1ccc(Nc2cc(C(=O)NC3CCCC3)nc(C)n2)cc1. The number of aryl methyl sites for hydroxylation is 1. The van der Waals surface area contributed by atoms with Gasteiger partial charge < -0.3 is 15.5 Å². The van der Waals surface area contributed by atoms with Gasteiger partial charge in [-0.2, -0.15) is 0 Å². The molecule has 0 atom stereocenters. The predicted octanol–water partition coefficient (Wildman–Crippen LogP) is 4.05. The predicted molar refractivity (Wildman–Crippen MR) is 110 cm³/mol. The molecule has 1 aliphatic rings. The first-order chi connectivity index (χ1) is 13.1. The Morgan fingerprint density at radius 3 is 2.41 bits per heavy atom. The van der Waals surface area contributed by atoms with Crippen LogP contribution in [0.15, 0.2) is 30.3 Å². The summed E-state index contributed by atoms with van der Waals surface area (Å²) in [6.45, 7) is 8.07. The van der Waals surface area contributed by atoms with Crippen LogP contribution in [-0.2, 0) is 0 Å². The normalized spacial score (nSPS) is 14.2. The van der Waals surface area contributed by atoms with Gasteiger partial charge in [-0.15, -0.1) is 0 Å². The van der Waals surface area contributed by atoms with Crippen molar-refractivity contribution in [2.75, 3.05) is 23.3 Å². The van der Waals surface area contributed by atoms with Gasteiger partial charge in [0.1, 0.15) is 17.3 Å². The Hall–Kier alpha value is -2.63. The van der Waals surface area contributed by atoms with Crippen LogP contribution in [0.5, 0.6) is 0 Å². The van der Waals surface area contributed by atoms with Crippen LogP contribution in [0.4, 0.5) is 17.2 Å². The maximum absolute atomic E-state index is 12.5. The maximum atomic E-state index is 12.5. The quantitative estimate of drug-likeness (QED) is 0.773. The first-order valence-electron chi connectivity index (χ1n) is 9.87. The Balaban J connectivity index is 1.71. The summed E-state index contributed by atoms with van der Waals surface area (Å²) >= 11 is 0. The second-order valence-corrected chi connectivity index (χ2v) is 6.98. The molecule has 1 aromatic carbocycles. The summed E-state index contributed by atoms with van der Waals surface area (Å²) < 4.78 is 0. The zero-order chi connectivity index (χ0) is 19.2. The van der Waals surface area contributed by atoms with E-state index in [0.717, 1.165) is 31.6 Å². The van der Waals surface area contributed by atoms with Crippen molar-refractivity contribution in [3.05, 3.63) is 41.9 Å². The molecular weight excluding hydrogens is 338 g/mol. The number of hydrogen-bond acceptors (Lipinski definition) is 5. The Labute approximate surface area is 161 Å². The van der Waals surface area contributed by atoms with Gasteiger partial charge in [-0.25, -0.2) is 9.97 Å². The van der Waals surface area contributed by atoms with Gasteiger partial charge >= 0.3 is 0 Å². The summed E-state index contributed by atoms with van der Waals surface area (Å²) in [5, 5.41) is 6.37. The molecule has 0 spiro atoms. The summed E-state index contributed by atoms with van der Waals surface area (Å²) in [4.78, 5) is 23.5. The molecule has 27 heavy (non-hydrogen) atoms. The number of anilines is 3. The minimum absolute atomic E-state index is 0.118. The molecule has 2 N–H and O–H groups in total. The summed E-state index contributed by atoms with van der Waals surface area (Å²) in [6, 6.07) is 10.2. The van der Waals surface area contributed by atoms with Crippen LogP contribution in [-0.4, -0.2) is 35.0 Å². The molecule has 6 heteroatoms. The maximum Gasteiger partial charge on any atom is 0.270 e. The van der Waals surface area contributed by atoms with Gasteiger partial charge in [-0.05, 0) is 57.9 Å². The van der Waals surface area contributed by atoms with Crippen molar-refractivity contribution in [3.8, 4) is 0 Å². The van der Waals surface area contributed by atoms with E-state index in [4.69, 9.17) is 0 Å². The highest BCUT2D eigenvalue weighted by molar-refractivity contribution is 5.93. The zero-order valence-electron chi connectivity index (χ0n) is 16.5. The third-order valence-electron chi connectivity index (χ3n) is 5.03. The fourth-order valence-electron chi connectivity index (χ4n) is 3.57. The van der Waals surface area contributed by atoms with Gasteiger partial charge in [-0.1, -0.05) is 12.8 Å². The lowest BCUT2D eigenvalue weighted by Gasteiger charge is -2.21. The topological polar surface area (TPSA) is 70.2 Å². The summed E-state index contributed by atoms with van der Waals surface area (Å²) in [7, 11) is 0.